The lowest BCUT2D eigenvalue weighted by Gasteiger charge is -2.43. The molecule has 7 unspecified atom stereocenters. The lowest BCUT2D eigenvalue weighted by atomic mass is 9.83. The number of amides is 1. The van der Waals surface area contributed by atoms with E-state index in [0.29, 0.717) is 71.6 Å². The summed E-state index contributed by atoms with van der Waals surface area (Å²) in [5, 5.41) is 66.0. The number of nitrogens with one attached hydrogen (secondary N) is 1. The minimum absolute atomic E-state index is 0.0218. The van der Waals surface area contributed by atoms with Gasteiger partial charge in [0.15, 0.2) is 16.8 Å². The van der Waals surface area contributed by atoms with Gasteiger partial charge in [-0.3, -0.25) is 14.6 Å². The van der Waals surface area contributed by atoms with Crippen molar-refractivity contribution in [1.82, 2.24) is 5.32 Å². The molecular formula is C39H45N3O12. The Morgan fingerprint density at radius 3 is 2.63 bits per heavy atom. The molecule has 4 aliphatic rings. The number of nitrogens with zero attached hydrogens (tertiary/aromatic N) is 2. The quantitative estimate of drug-likeness (QED) is 0.0918. The fraction of sp³-hybridized carbons (Fsp3) is 0.462. The van der Waals surface area contributed by atoms with Gasteiger partial charge < -0.3 is 50.0 Å². The van der Waals surface area contributed by atoms with Gasteiger partial charge in [-0.2, -0.15) is 0 Å². The van der Waals surface area contributed by atoms with Gasteiger partial charge in [-0.1, -0.05) is 12.1 Å². The molecule has 15 nitrogen and oxygen atoms in total. The molecule has 288 valence electrons. The van der Waals surface area contributed by atoms with Crippen LogP contribution < -0.4 is 20.4 Å². The van der Waals surface area contributed by atoms with E-state index >= 15 is 0 Å². The molecule has 1 aromatic heterocycles. The van der Waals surface area contributed by atoms with Crippen molar-refractivity contribution >= 4 is 28.3 Å². The van der Waals surface area contributed by atoms with E-state index in [1.54, 1.807) is 19.2 Å². The number of hydrogen-bond donors (Lipinski definition) is 7. The van der Waals surface area contributed by atoms with Crippen LogP contribution in [-0.2, 0) is 27.4 Å². The van der Waals surface area contributed by atoms with Gasteiger partial charge >= 0.3 is 0 Å². The van der Waals surface area contributed by atoms with Gasteiger partial charge in [0.05, 0.1) is 24.2 Å². The molecular weight excluding hydrogens is 702 g/mol. The molecule has 2 aromatic carbocycles. The maximum atomic E-state index is 13.4. The number of aliphatic hydroxyl groups excluding tert-OH is 4. The number of fused-ring (bicyclic) bond motifs is 3. The molecule has 4 aliphatic heterocycles. The Morgan fingerprint density at radius 1 is 1.15 bits per heavy atom. The molecule has 54 heavy (non-hydrogen) atoms. The summed E-state index contributed by atoms with van der Waals surface area (Å²) in [4.78, 5) is 43.7. The van der Waals surface area contributed by atoms with Crippen molar-refractivity contribution in [3.05, 3.63) is 87.6 Å². The monoisotopic (exact) mass is 747 g/mol. The number of rotatable bonds is 14. The minimum atomic E-state index is -2.26. The highest BCUT2D eigenvalue weighted by Gasteiger charge is 2.48. The van der Waals surface area contributed by atoms with Crippen LogP contribution in [-0.4, -0.2) is 104 Å². The summed E-state index contributed by atoms with van der Waals surface area (Å²) in [5.41, 5.74) is 0.205. The summed E-state index contributed by atoms with van der Waals surface area (Å²) in [6, 6.07) is 8.95. The molecule has 1 saturated heterocycles. The van der Waals surface area contributed by atoms with Gasteiger partial charge in [-0.05, 0) is 62.4 Å². The van der Waals surface area contributed by atoms with E-state index in [4.69, 9.17) is 18.9 Å². The Hall–Kier alpha value is -4.61. The molecule has 0 spiro atoms. The highest BCUT2D eigenvalue weighted by molar-refractivity contribution is 6.12. The normalized spacial score (nSPS) is 24.6. The number of phenolic OH excluding ortho intramolecular Hbond substituents is 1. The predicted octanol–water partition coefficient (Wildman–Crippen LogP) is 1.45. The molecule has 5 heterocycles. The van der Waals surface area contributed by atoms with Crippen LogP contribution in [0.15, 0.2) is 74.7 Å². The lowest BCUT2D eigenvalue weighted by molar-refractivity contribution is -0.371. The first-order valence-corrected chi connectivity index (χ1v) is 18.0. The smallest absolute Gasteiger partial charge is 0.220 e. The Kier molecular flexibility index (Phi) is 10.4. The number of aliphatic imine (C=N–C) groups is 1. The molecule has 7 N–H and O–H groups in total. The van der Waals surface area contributed by atoms with Crippen LogP contribution in [0.2, 0.25) is 0 Å². The topological polar surface area (TPSA) is 224 Å². The number of carbonyl (C=O) groups is 1. The van der Waals surface area contributed by atoms with Crippen LogP contribution in [0.5, 0.6) is 11.5 Å². The van der Waals surface area contributed by atoms with E-state index in [9.17, 15) is 40.2 Å². The molecule has 0 aliphatic carbocycles. The molecule has 7 atom stereocenters. The summed E-state index contributed by atoms with van der Waals surface area (Å²) >= 11 is 0. The second-order valence-electron chi connectivity index (χ2n) is 14.9. The third kappa shape index (κ3) is 7.40. The van der Waals surface area contributed by atoms with Crippen LogP contribution in [0.1, 0.15) is 43.1 Å². The predicted molar refractivity (Wildman–Crippen MR) is 195 cm³/mol. The molecule has 1 amide bonds. The number of ether oxygens (including phenoxy) is 1. The van der Waals surface area contributed by atoms with E-state index in [-0.39, 0.29) is 35.8 Å². The second kappa shape index (κ2) is 14.9. The van der Waals surface area contributed by atoms with Crippen molar-refractivity contribution in [2.45, 2.75) is 81.6 Å². The van der Waals surface area contributed by atoms with Gasteiger partial charge in [0.25, 0.3) is 0 Å². The summed E-state index contributed by atoms with van der Waals surface area (Å²) in [5.74, 6) is 0.922. The number of phenols is 1. The van der Waals surface area contributed by atoms with Crippen LogP contribution in [0.4, 0.5) is 5.69 Å². The molecule has 1 fully saturated rings. The summed E-state index contributed by atoms with van der Waals surface area (Å²) in [6.07, 6.45) is 0.235. The Labute approximate surface area is 310 Å². The number of hydrogen-bond acceptors (Lipinski definition) is 14. The first-order valence-electron chi connectivity index (χ1n) is 18.0. The van der Waals surface area contributed by atoms with Crippen molar-refractivity contribution in [1.29, 1.82) is 0 Å². The minimum Gasteiger partial charge on any atom is -0.508 e. The number of aryl methyl sites for hydroxylation is 1. The average Bonchev–Trinajstić information content (AvgIpc) is 3.87. The van der Waals surface area contributed by atoms with E-state index < -0.39 is 48.8 Å². The van der Waals surface area contributed by atoms with Crippen LogP contribution in [0, 0.1) is 12.8 Å². The molecule has 0 saturated carbocycles. The summed E-state index contributed by atoms with van der Waals surface area (Å²) in [6.45, 7) is 2.93. The standard InChI is InChI=1S/C39H45N3O12/c1-21-11-29(45)27-13-25-14-31(54-51-20-39(50,37(49)34(48)30(46)19-43)15-22-3-5-26(44)6-4-22)38(2,9-7-23-12-32(47)41-16-23)53-35(25)33(36(27)52-21)42-17-24-8-10-40-28(24)18-42/h3-6,8,10-11,13,17,23,30-31,34,37,43-44,46,48-50H,7,9,12,14-16,18-20H2,1-2H3,(H,41,47). The lowest BCUT2D eigenvalue weighted by Crippen LogP contribution is -2.58. The number of aromatic hydroxyl groups is 1. The van der Waals surface area contributed by atoms with Gasteiger partial charge in [-0.15, -0.1) is 0 Å². The zero-order chi connectivity index (χ0) is 38.4. The zero-order valence-electron chi connectivity index (χ0n) is 30.0. The van der Waals surface area contributed by atoms with E-state index in [1.165, 1.54) is 30.3 Å². The maximum absolute atomic E-state index is 13.4. The van der Waals surface area contributed by atoms with E-state index in [0.717, 1.165) is 11.3 Å². The van der Waals surface area contributed by atoms with Crippen molar-refractivity contribution in [3.63, 3.8) is 0 Å². The fourth-order valence-electron chi connectivity index (χ4n) is 7.58. The van der Waals surface area contributed by atoms with Crippen LogP contribution in [0.3, 0.4) is 0 Å². The maximum Gasteiger partial charge on any atom is 0.220 e. The van der Waals surface area contributed by atoms with Gasteiger partial charge in [0.2, 0.25) is 5.91 Å². The van der Waals surface area contributed by atoms with Gasteiger partial charge in [-0.25, -0.2) is 9.78 Å². The number of aliphatic hydroxyl groups is 5. The van der Waals surface area contributed by atoms with Crippen molar-refractivity contribution < 1.29 is 54.4 Å². The third-order valence-corrected chi connectivity index (χ3v) is 10.8. The second-order valence-corrected chi connectivity index (χ2v) is 14.9. The summed E-state index contributed by atoms with van der Waals surface area (Å²) < 4.78 is 13.2. The highest BCUT2D eigenvalue weighted by Crippen LogP contribution is 2.48. The van der Waals surface area contributed by atoms with Crippen LogP contribution in [0.25, 0.3) is 11.0 Å². The Balaban J connectivity index is 1.23. The molecule has 0 bridgehead atoms. The molecule has 0 radical (unpaired) electrons. The van der Waals surface area contributed by atoms with Crippen molar-refractivity contribution in [2.24, 2.45) is 10.9 Å². The van der Waals surface area contributed by atoms with Crippen molar-refractivity contribution in [2.75, 3.05) is 31.2 Å². The molecule has 7 rings (SSSR count). The first kappa shape index (κ1) is 37.7. The van der Waals surface area contributed by atoms with E-state index in [1.807, 2.05) is 24.1 Å². The number of allylic oxidation sites excluding steroid dienone is 1. The van der Waals surface area contributed by atoms with Gasteiger partial charge in [0, 0.05) is 55.4 Å². The molecule has 15 heteroatoms. The number of benzene rings is 2. The number of anilines is 1. The fourth-order valence-corrected chi connectivity index (χ4v) is 7.58. The SMILES string of the molecule is Cc1cc(=O)c2cc3c(c(N4C=C5C=CN=C5C4)c2o1)OC(C)(CCC1CNC(=O)C1)C(OOCC(O)(Cc1ccc(O)cc1)C(O)C(O)C(O)CO)C3. The zero-order valence-corrected chi connectivity index (χ0v) is 30.0. The number of carbonyl (C=O) groups excluding carboxylic acids is 1. The third-order valence-electron chi connectivity index (χ3n) is 10.8. The highest BCUT2D eigenvalue weighted by atomic mass is 17.2. The first-order chi connectivity index (χ1) is 25.8. The molecule has 3 aromatic rings. The average molecular weight is 748 g/mol. The van der Waals surface area contributed by atoms with Crippen LogP contribution >= 0.6 is 0 Å². The van der Waals surface area contributed by atoms with E-state index in [2.05, 4.69) is 10.3 Å². The largest absolute Gasteiger partial charge is 0.508 e. The van der Waals surface area contributed by atoms with Crippen molar-refractivity contribution in [3.8, 4) is 11.5 Å². The van der Waals surface area contributed by atoms with Gasteiger partial charge in [0.1, 0.15) is 59.4 Å². The Morgan fingerprint density at radius 2 is 1.93 bits per heavy atom. The summed E-state index contributed by atoms with van der Waals surface area (Å²) in [7, 11) is 0. The Bertz CT molecular complexity index is 2060.